The highest BCUT2D eigenvalue weighted by Gasteiger charge is 2.33. The van der Waals surface area contributed by atoms with Gasteiger partial charge in [-0.15, -0.1) is 12.4 Å². The zero-order valence-electron chi connectivity index (χ0n) is 14.2. The molecule has 1 aliphatic rings. The van der Waals surface area contributed by atoms with Crippen molar-refractivity contribution in [3.8, 4) is 0 Å². The SMILES string of the molecule is CC(=O)c1ccc(CC(=O)N2C[C@@H](N)[C@H](c3ccccc3)C2)cc1.Cl. The van der Waals surface area contributed by atoms with Crippen molar-refractivity contribution in [3.05, 3.63) is 71.3 Å². The Bertz CT molecular complexity index is 731. The molecule has 0 saturated carbocycles. The van der Waals surface area contributed by atoms with Crippen LogP contribution in [0.1, 0.15) is 34.3 Å². The van der Waals surface area contributed by atoms with Crippen LogP contribution >= 0.6 is 12.4 Å². The van der Waals surface area contributed by atoms with E-state index in [-0.39, 0.29) is 36.1 Å². The van der Waals surface area contributed by atoms with E-state index in [1.807, 2.05) is 35.2 Å². The second-order valence-corrected chi connectivity index (χ2v) is 6.41. The van der Waals surface area contributed by atoms with E-state index < -0.39 is 0 Å². The molecule has 1 aliphatic heterocycles. The highest BCUT2D eigenvalue weighted by Crippen LogP contribution is 2.26. The van der Waals surface area contributed by atoms with Crippen LogP contribution in [0.25, 0.3) is 0 Å². The number of Topliss-reactive ketones (excluding diaryl/α,β-unsaturated/α-hetero) is 1. The minimum absolute atomic E-state index is 0. The van der Waals surface area contributed by atoms with Gasteiger partial charge in [-0.05, 0) is 18.1 Å². The van der Waals surface area contributed by atoms with Gasteiger partial charge in [-0.25, -0.2) is 0 Å². The Kier molecular flexibility index (Phi) is 6.34. The Labute approximate surface area is 154 Å². The fourth-order valence-corrected chi connectivity index (χ4v) is 3.23. The fourth-order valence-electron chi connectivity index (χ4n) is 3.23. The summed E-state index contributed by atoms with van der Waals surface area (Å²) in [6, 6.07) is 17.3. The molecule has 2 aromatic carbocycles. The number of rotatable bonds is 4. The third-order valence-corrected chi connectivity index (χ3v) is 4.66. The molecule has 1 fully saturated rings. The molecule has 132 valence electrons. The first kappa shape index (κ1) is 19.2. The van der Waals surface area contributed by atoms with Gasteiger partial charge in [0.15, 0.2) is 5.78 Å². The van der Waals surface area contributed by atoms with Crippen LogP contribution in [-0.4, -0.2) is 35.7 Å². The molecule has 0 radical (unpaired) electrons. The zero-order valence-corrected chi connectivity index (χ0v) is 15.0. The van der Waals surface area contributed by atoms with Crippen molar-refractivity contribution in [2.45, 2.75) is 25.3 Å². The van der Waals surface area contributed by atoms with Crippen molar-refractivity contribution in [2.24, 2.45) is 5.73 Å². The smallest absolute Gasteiger partial charge is 0.227 e. The predicted octanol–water partition coefficient (Wildman–Crippen LogP) is 2.81. The van der Waals surface area contributed by atoms with E-state index in [1.54, 1.807) is 12.1 Å². The number of halogens is 1. The van der Waals surface area contributed by atoms with E-state index in [4.69, 9.17) is 5.73 Å². The number of nitrogens with zero attached hydrogens (tertiary/aromatic N) is 1. The number of benzene rings is 2. The van der Waals surface area contributed by atoms with Gasteiger partial charge in [0, 0.05) is 30.6 Å². The van der Waals surface area contributed by atoms with E-state index in [0.717, 1.165) is 5.56 Å². The Hall–Kier alpha value is -2.17. The molecule has 0 unspecified atom stereocenters. The molecular weight excluding hydrogens is 336 g/mol. The summed E-state index contributed by atoms with van der Waals surface area (Å²) in [6.45, 7) is 2.79. The van der Waals surface area contributed by atoms with Crippen molar-refractivity contribution >= 4 is 24.1 Å². The van der Waals surface area contributed by atoms with Crippen LogP contribution in [0.2, 0.25) is 0 Å². The van der Waals surface area contributed by atoms with Crippen molar-refractivity contribution in [1.29, 1.82) is 0 Å². The van der Waals surface area contributed by atoms with Crippen LogP contribution < -0.4 is 5.73 Å². The van der Waals surface area contributed by atoms with Gasteiger partial charge in [0.25, 0.3) is 0 Å². The van der Waals surface area contributed by atoms with Crippen molar-refractivity contribution in [3.63, 3.8) is 0 Å². The van der Waals surface area contributed by atoms with Crippen LogP contribution in [0.5, 0.6) is 0 Å². The van der Waals surface area contributed by atoms with E-state index in [2.05, 4.69) is 12.1 Å². The van der Waals surface area contributed by atoms with Gasteiger partial charge in [-0.1, -0.05) is 54.6 Å². The third kappa shape index (κ3) is 4.47. The van der Waals surface area contributed by atoms with Crippen molar-refractivity contribution in [1.82, 2.24) is 4.90 Å². The molecule has 1 amide bonds. The van der Waals surface area contributed by atoms with Gasteiger partial charge in [0.1, 0.15) is 0 Å². The second-order valence-electron chi connectivity index (χ2n) is 6.41. The largest absolute Gasteiger partial charge is 0.340 e. The normalized spacial score (nSPS) is 19.4. The maximum Gasteiger partial charge on any atom is 0.227 e. The summed E-state index contributed by atoms with van der Waals surface area (Å²) in [5.41, 5.74) is 9.02. The maximum absolute atomic E-state index is 12.6. The molecule has 5 heteroatoms. The summed E-state index contributed by atoms with van der Waals surface area (Å²) >= 11 is 0. The first-order valence-corrected chi connectivity index (χ1v) is 8.23. The first-order valence-electron chi connectivity index (χ1n) is 8.23. The van der Waals surface area contributed by atoms with Crippen LogP contribution in [-0.2, 0) is 11.2 Å². The van der Waals surface area contributed by atoms with E-state index in [9.17, 15) is 9.59 Å². The minimum atomic E-state index is -0.0311. The molecule has 0 spiro atoms. The third-order valence-electron chi connectivity index (χ3n) is 4.66. The van der Waals surface area contributed by atoms with E-state index >= 15 is 0 Å². The summed E-state index contributed by atoms with van der Waals surface area (Å²) in [7, 11) is 0. The molecular formula is C20H23ClN2O2. The molecule has 2 atom stereocenters. The van der Waals surface area contributed by atoms with Crippen LogP contribution in [0.15, 0.2) is 54.6 Å². The van der Waals surface area contributed by atoms with E-state index in [1.165, 1.54) is 12.5 Å². The Balaban J connectivity index is 0.00000225. The molecule has 0 bridgehead atoms. The minimum Gasteiger partial charge on any atom is -0.340 e. The van der Waals surface area contributed by atoms with Gasteiger partial charge in [0.05, 0.1) is 6.42 Å². The highest BCUT2D eigenvalue weighted by molar-refractivity contribution is 5.94. The number of hydrogen-bond acceptors (Lipinski definition) is 3. The van der Waals surface area contributed by atoms with Crippen molar-refractivity contribution < 1.29 is 9.59 Å². The number of carbonyl (C=O) groups is 2. The standard InChI is InChI=1S/C20H22N2O2.ClH/c1-14(23)16-9-7-15(8-10-16)11-20(24)22-12-18(19(21)13-22)17-5-3-2-4-6-17;/h2-10,18-19H,11-13,21H2,1H3;1H/t18-,19+;/m0./s1. The van der Waals surface area contributed by atoms with Gasteiger partial charge < -0.3 is 10.6 Å². The molecule has 3 rings (SSSR count). The summed E-state index contributed by atoms with van der Waals surface area (Å²) in [4.78, 5) is 25.7. The zero-order chi connectivity index (χ0) is 17.1. The number of nitrogens with two attached hydrogens (primary N) is 1. The summed E-state index contributed by atoms with van der Waals surface area (Å²) in [5, 5.41) is 0. The molecule has 4 nitrogen and oxygen atoms in total. The number of ketones is 1. The Morgan fingerprint density at radius 2 is 1.68 bits per heavy atom. The van der Waals surface area contributed by atoms with Gasteiger partial charge in [-0.3, -0.25) is 9.59 Å². The lowest BCUT2D eigenvalue weighted by Crippen LogP contribution is -2.33. The molecule has 2 aromatic rings. The lowest BCUT2D eigenvalue weighted by molar-refractivity contribution is -0.129. The Morgan fingerprint density at radius 1 is 1.04 bits per heavy atom. The molecule has 1 saturated heterocycles. The maximum atomic E-state index is 12.6. The summed E-state index contributed by atoms with van der Waals surface area (Å²) in [6.07, 6.45) is 0.340. The molecule has 0 aliphatic carbocycles. The average molecular weight is 359 g/mol. The average Bonchev–Trinajstić information content (AvgIpc) is 2.98. The summed E-state index contributed by atoms with van der Waals surface area (Å²) < 4.78 is 0. The number of hydrogen-bond donors (Lipinski definition) is 1. The quantitative estimate of drug-likeness (QED) is 0.855. The van der Waals surface area contributed by atoms with Gasteiger partial charge in [0.2, 0.25) is 5.91 Å². The van der Waals surface area contributed by atoms with E-state index in [0.29, 0.717) is 25.1 Å². The summed E-state index contributed by atoms with van der Waals surface area (Å²) in [5.74, 6) is 0.304. The lowest BCUT2D eigenvalue weighted by atomic mass is 9.95. The first-order chi connectivity index (χ1) is 11.5. The van der Waals surface area contributed by atoms with Crippen molar-refractivity contribution in [2.75, 3.05) is 13.1 Å². The monoisotopic (exact) mass is 358 g/mol. The molecule has 25 heavy (non-hydrogen) atoms. The molecule has 0 aromatic heterocycles. The number of amides is 1. The number of carbonyl (C=O) groups excluding carboxylic acids is 2. The highest BCUT2D eigenvalue weighted by atomic mass is 35.5. The van der Waals surface area contributed by atoms with Crippen LogP contribution in [0.4, 0.5) is 0 Å². The van der Waals surface area contributed by atoms with Crippen LogP contribution in [0, 0.1) is 0 Å². The fraction of sp³-hybridized carbons (Fsp3) is 0.300. The Morgan fingerprint density at radius 3 is 2.28 bits per heavy atom. The predicted molar refractivity (Wildman–Crippen MR) is 101 cm³/mol. The molecule has 2 N–H and O–H groups in total. The van der Waals surface area contributed by atoms with Gasteiger partial charge in [-0.2, -0.15) is 0 Å². The second kappa shape index (κ2) is 8.28. The molecule has 1 heterocycles. The van der Waals surface area contributed by atoms with Gasteiger partial charge >= 0.3 is 0 Å². The van der Waals surface area contributed by atoms with Crippen LogP contribution in [0.3, 0.4) is 0 Å². The topological polar surface area (TPSA) is 63.4 Å². The number of likely N-dealkylation sites (tertiary alicyclic amines) is 1. The lowest BCUT2D eigenvalue weighted by Gasteiger charge is -2.16.